The number of furan rings is 1. The zero-order valence-corrected chi connectivity index (χ0v) is 16.6. The van der Waals surface area contributed by atoms with Gasteiger partial charge in [0.2, 0.25) is 0 Å². The highest BCUT2D eigenvalue weighted by Crippen LogP contribution is 2.37. The van der Waals surface area contributed by atoms with Crippen molar-refractivity contribution in [3.8, 4) is 0 Å². The second kappa shape index (κ2) is 9.34. The standard InChI is InChI=1S/C22H25N3O4/c1-3-24(4-2)13-14-25-20(16-9-11-23-12-10-16)19(21(27)22(25)28)18(26)8-7-17-6-5-15-29-17/h5-12,15,20,27H,3-4,13-14H2,1-2H3/b8-7+. The Bertz CT molecular complexity index is 899. The predicted octanol–water partition coefficient (Wildman–Crippen LogP) is 2.99. The number of hydrogen-bond acceptors (Lipinski definition) is 6. The Morgan fingerprint density at radius 1 is 1.28 bits per heavy atom. The quantitative estimate of drug-likeness (QED) is 0.657. The largest absolute Gasteiger partial charge is 0.503 e. The Hall–Kier alpha value is -3.19. The highest BCUT2D eigenvalue weighted by molar-refractivity contribution is 6.14. The molecule has 0 bridgehead atoms. The lowest BCUT2D eigenvalue weighted by atomic mass is 9.96. The van der Waals surface area contributed by atoms with Gasteiger partial charge in [0.05, 0.1) is 17.9 Å². The van der Waals surface area contributed by atoms with Crippen molar-refractivity contribution in [3.63, 3.8) is 0 Å². The van der Waals surface area contributed by atoms with Crippen LogP contribution < -0.4 is 0 Å². The van der Waals surface area contributed by atoms with E-state index >= 15 is 0 Å². The Morgan fingerprint density at radius 2 is 2.00 bits per heavy atom. The molecule has 1 unspecified atom stereocenters. The Kier molecular flexibility index (Phi) is 6.61. The minimum absolute atomic E-state index is 0.0727. The monoisotopic (exact) mass is 395 g/mol. The molecule has 0 radical (unpaired) electrons. The number of carbonyl (C=O) groups is 2. The summed E-state index contributed by atoms with van der Waals surface area (Å²) < 4.78 is 5.21. The number of pyridine rings is 1. The summed E-state index contributed by atoms with van der Waals surface area (Å²) in [5.41, 5.74) is 0.801. The van der Waals surface area contributed by atoms with Gasteiger partial charge < -0.3 is 19.3 Å². The molecule has 1 N–H and O–H groups in total. The summed E-state index contributed by atoms with van der Waals surface area (Å²) in [7, 11) is 0. The molecule has 29 heavy (non-hydrogen) atoms. The lowest BCUT2D eigenvalue weighted by Gasteiger charge is -2.29. The van der Waals surface area contributed by atoms with Gasteiger partial charge >= 0.3 is 0 Å². The summed E-state index contributed by atoms with van der Waals surface area (Å²) in [5, 5.41) is 10.5. The van der Waals surface area contributed by atoms with Gasteiger partial charge in [-0.25, -0.2) is 0 Å². The molecule has 0 spiro atoms. The molecule has 0 fully saturated rings. The van der Waals surface area contributed by atoms with E-state index in [1.807, 2.05) is 0 Å². The number of rotatable bonds is 9. The second-order valence-electron chi connectivity index (χ2n) is 6.68. The van der Waals surface area contributed by atoms with Crippen molar-refractivity contribution in [3.05, 3.63) is 71.7 Å². The first-order valence-electron chi connectivity index (χ1n) is 9.69. The van der Waals surface area contributed by atoms with Gasteiger partial charge in [0, 0.05) is 25.5 Å². The van der Waals surface area contributed by atoms with Gasteiger partial charge in [-0.1, -0.05) is 13.8 Å². The molecule has 7 nitrogen and oxygen atoms in total. The number of carbonyl (C=O) groups excluding carboxylic acids is 2. The number of allylic oxidation sites excluding steroid dienone is 1. The fourth-order valence-electron chi connectivity index (χ4n) is 3.45. The molecule has 0 saturated carbocycles. The molecule has 2 aromatic heterocycles. The van der Waals surface area contributed by atoms with E-state index in [9.17, 15) is 14.7 Å². The topological polar surface area (TPSA) is 86.9 Å². The number of aliphatic hydroxyl groups is 1. The maximum absolute atomic E-state index is 12.9. The van der Waals surface area contributed by atoms with Gasteiger partial charge in [-0.2, -0.15) is 0 Å². The van der Waals surface area contributed by atoms with Gasteiger partial charge in [-0.15, -0.1) is 0 Å². The first kappa shape index (κ1) is 20.5. The molecule has 0 aromatic carbocycles. The molecule has 1 atom stereocenters. The van der Waals surface area contributed by atoms with Gasteiger partial charge in [-0.3, -0.25) is 14.6 Å². The van der Waals surface area contributed by atoms with Crippen LogP contribution >= 0.6 is 0 Å². The lowest BCUT2D eigenvalue weighted by molar-refractivity contribution is -0.129. The number of amides is 1. The molecule has 0 aliphatic carbocycles. The summed E-state index contributed by atoms with van der Waals surface area (Å²) in [6, 6.07) is 6.29. The summed E-state index contributed by atoms with van der Waals surface area (Å²) in [5.74, 6) is -0.949. The molecule has 3 heterocycles. The van der Waals surface area contributed by atoms with Crippen LogP contribution in [0.25, 0.3) is 6.08 Å². The average molecular weight is 395 g/mol. The molecule has 1 aliphatic heterocycles. The fourth-order valence-corrected chi connectivity index (χ4v) is 3.45. The van der Waals surface area contributed by atoms with Crippen LogP contribution in [0.3, 0.4) is 0 Å². The molecule has 3 rings (SSSR count). The first-order valence-corrected chi connectivity index (χ1v) is 9.69. The maximum atomic E-state index is 12.9. The number of ketones is 1. The Balaban J connectivity index is 1.92. The normalized spacial score (nSPS) is 17.1. The smallest absolute Gasteiger partial charge is 0.290 e. The highest BCUT2D eigenvalue weighted by atomic mass is 16.3. The number of nitrogens with zero attached hydrogens (tertiary/aromatic N) is 3. The third kappa shape index (κ3) is 4.46. The zero-order valence-electron chi connectivity index (χ0n) is 16.6. The van der Waals surface area contributed by atoms with Crippen LogP contribution in [0.2, 0.25) is 0 Å². The summed E-state index contributed by atoms with van der Waals surface area (Å²) in [6.07, 6.45) is 7.57. The van der Waals surface area contributed by atoms with E-state index in [1.54, 1.807) is 41.6 Å². The van der Waals surface area contributed by atoms with E-state index in [-0.39, 0.29) is 5.57 Å². The van der Waals surface area contributed by atoms with Crippen LogP contribution in [0.5, 0.6) is 0 Å². The third-order valence-electron chi connectivity index (χ3n) is 5.08. The van der Waals surface area contributed by atoms with Crippen LogP contribution in [0.4, 0.5) is 0 Å². The number of aromatic nitrogens is 1. The van der Waals surface area contributed by atoms with E-state index in [0.29, 0.717) is 18.8 Å². The molecule has 1 aliphatic rings. The maximum Gasteiger partial charge on any atom is 0.290 e. The van der Waals surface area contributed by atoms with Crippen molar-refractivity contribution in [1.29, 1.82) is 0 Å². The van der Waals surface area contributed by atoms with Gasteiger partial charge in [0.1, 0.15) is 5.76 Å². The van der Waals surface area contributed by atoms with Crippen molar-refractivity contribution >= 4 is 17.8 Å². The molecule has 0 saturated heterocycles. The summed E-state index contributed by atoms with van der Waals surface area (Å²) >= 11 is 0. The molecular weight excluding hydrogens is 370 g/mol. The molecule has 152 valence electrons. The first-order chi connectivity index (χ1) is 14.1. The van der Waals surface area contributed by atoms with Crippen molar-refractivity contribution in [1.82, 2.24) is 14.8 Å². The summed E-state index contributed by atoms with van der Waals surface area (Å²) in [6.45, 7) is 6.87. The van der Waals surface area contributed by atoms with Gasteiger partial charge in [0.25, 0.3) is 5.91 Å². The van der Waals surface area contributed by atoms with Crippen LogP contribution in [0, 0.1) is 0 Å². The molecule has 1 amide bonds. The van der Waals surface area contributed by atoms with E-state index in [1.165, 1.54) is 18.4 Å². The second-order valence-corrected chi connectivity index (χ2v) is 6.68. The van der Waals surface area contributed by atoms with Gasteiger partial charge in [-0.05, 0) is 55.1 Å². The van der Waals surface area contributed by atoms with Crippen LogP contribution in [0.1, 0.15) is 31.2 Å². The number of aliphatic hydroxyl groups excluding tert-OH is 1. The van der Waals surface area contributed by atoms with E-state index in [0.717, 1.165) is 18.7 Å². The van der Waals surface area contributed by atoms with Crippen molar-refractivity contribution < 1.29 is 19.1 Å². The Labute approximate surface area is 169 Å². The van der Waals surface area contributed by atoms with E-state index in [4.69, 9.17) is 4.42 Å². The zero-order chi connectivity index (χ0) is 20.8. The van der Waals surface area contributed by atoms with Crippen molar-refractivity contribution in [2.45, 2.75) is 19.9 Å². The summed E-state index contributed by atoms with van der Waals surface area (Å²) in [4.78, 5) is 33.5. The fraction of sp³-hybridized carbons (Fsp3) is 0.318. The van der Waals surface area contributed by atoms with E-state index in [2.05, 4.69) is 23.7 Å². The van der Waals surface area contributed by atoms with Crippen molar-refractivity contribution in [2.75, 3.05) is 26.2 Å². The third-order valence-corrected chi connectivity index (χ3v) is 5.08. The van der Waals surface area contributed by atoms with Crippen LogP contribution in [-0.2, 0) is 9.59 Å². The lowest BCUT2D eigenvalue weighted by Crippen LogP contribution is -2.38. The predicted molar refractivity (Wildman–Crippen MR) is 109 cm³/mol. The minimum Gasteiger partial charge on any atom is -0.503 e. The van der Waals surface area contributed by atoms with Gasteiger partial charge in [0.15, 0.2) is 11.5 Å². The number of likely N-dealkylation sites (N-methyl/N-ethyl adjacent to an activating group) is 1. The highest BCUT2D eigenvalue weighted by Gasteiger charge is 2.42. The average Bonchev–Trinajstić information content (AvgIpc) is 3.35. The van der Waals surface area contributed by atoms with Crippen LogP contribution in [-0.4, -0.2) is 57.8 Å². The SMILES string of the molecule is CCN(CC)CCN1C(=O)C(O)=C(C(=O)/C=C/c2ccco2)C1c1ccncc1. The molecule has 2 aromatic rings. The number of hydrogen-bond donors (Lipinski definition) is 1. The molecular formula is C22H25N3O4. The van der Waals surface area contributed by atoms with Crippen molar-refractivity contribution in [2.24, 2.45) is 0 Å². The molecule has 7 heteroatoms. The van der Waals surface area contributed by atoms with Crippen LogP contribution in [0.15, 0.2) is 64.7 Å². The Morgan fingerprint density at radius 3 is 2.62 bits per heavy atom. The van der Waals surface area contributed by atoms with E-state index < -0.39 is 23.5 Å². The minimum atomic E-state index is -0.658.